The summed E-state index contributed by atoms with van der Waals surface area (Å²) in [6, 6.07) is 3.61. The molecule has 0 saturated heterocycles. The van der Waals surface area contributed by atoms with E-state index in [1.165, 1.54) is 63.4 Å². The minimum atomic E-state index is -4.50. The average Bonchev–Trinajstić information content (AvgIpc) is 2.54. The minimum Gasteiger partial charge on any atom is -0.404 e. The van der Waals surface area contributed by atoms with Crippen molar-refractivity contribution in [3.05, 3.63) is 28.8 Å². The van der Waals surface area contributed by atoms with E-state index in [-0.39, 0.29) is 5.75 Å². The number of aryl methyl sites for hydroxylation is 1. The van der Waals surface area contributed by atoms with E-state index in [2.05, 4.69) is 6.92 Å². The van der Waals surface area contributed by atoms with Gasteiger partial charge in [0, 0.05) is 0 Å². The van der Waals surface area contributed by atoms with E-state index in [0.29, 0.717) is 0 Å². The molecule has 0 unspecified atom stereocenters. The number of unbranched alkanes of at least 4 members (excludes halogenated alkanes) is 9. The Morgan fingerprint density at radius 1 is 0.840 bits per heavy atom. The third kappa shape index (κ3) is 9.44. The van der Waals surface area contributed by atoms with Crippen molar-refractivity contribution in [2.75, 3.05) is 0 Å². The third-order valence-corrected chi connectivity index (χ3v) is 5.30. The Kier molecular flexibility index (Phi) is 10.4. The lowest BCUT2D eigenvalue weighted by molar-refractivity contribution is 0.282. The molecular weight excluding hydrogens is 335 g/mol. The molecule has 1 rings (SSSR count). The van der Waals surface area contributed by atoms with Gasteiger partial charge in [0.2, 0.25) is 0 Å². The minimum absolute atomic E-state index is 0.276. The fourth-order valence-electron chi connectivity index (χ4n) is 3.15. The standard InChI is InChI=1S/C20H35O4P/c1-4-5-6-7-8-9-10-11-12-13-14-19-15-16-20(18(3)17(19)2)24-25(21,22)23/h15-16H,4-14H2,1-3H3,(H2,21,22,23). The Morgan fingerprint density at radius 3 is 1.88 bits per heavy atom. The molecule has 0 bridgehead atoms. The molecule has 0 heterocycles. The van der Waals surface area contributed by atoms with Crippen molar-refractivity contribution in [1.29, 1.82) is 0 Å². The lowest BCUT2D eigenvalue weighted by Crippen LogP contribution is -1.98. The molecule has 25 heavy (non-hydrogen) atoms. The van der Waals surface area contributed by atoms with E-state index >= 15 is 0 Å². The maximum Gasteiger partial charge on any atom is 0.524 e. The zero-order chi connectivity index (χ0) is 18.7. The lowest BCUT2D eigenvalue weighted by Gasteiger charge is -2.14. The van der Waals surface area contributed by atoms with E-state index in [1.54, 1.807) is 6.07 Å². The first-order valence-electron chi connectivity index (χ1n) is 9.69. The summed E-state index contributed by atoms with van der Waals surface area (Å²) in [7, 11) is -4.50. The van der Waals surface area contributed by atoms with Crippen LogP contribution in [0.1, 0.15) is 87.8 Å². The lowest BCUT2D eigenvalue weighted by atomic mass is 9.97. The molecule has 0 atom stereocenters. The first-order chi connectivity index (χ1) is 11.8. The molecule has 144 valence electrons. The summed E-state index contributed by atoms with van der Waals surface area (Å²) in [5.74, 6) is 0.276. The van der Waals surface area contributed by atoms with E-state index in [9.17, 15) is 4.57 Å². The second-order valence-corrected chi connectivity index (χ2v) is 8.15. The molecule has 0 spiro atoms. The van der Waals surface area contributed by atoms with Crippen molar-refractivity contribution in [2.24, 2.45) is 0 Å². The zero-order valence-electron chi connectivity index (χ0n) is 16.1. The molecule has 0 amide bonds. The number of hydrogen-bond acceptors (Lipinski definition) is 2. The Balaban J connectivity index is 2.27. The van der Waals surface area contributed by atoms with Crippen LogP contribution in [0.25, 0.3) is 0 Å². The summed E-state index contributed by atoms with van der Waals surface area (Å²) in [6.07, 6.45) is 14.2. The monoisotopic (exact) mass is 370 g/mol. The van der Waals surface area contributed by atoms with Crippen LogP contribution in [0.4, 0.5) is 0 Å². The van der Waals surface area contributed by atoms with Gasteiger partial charge in [-0.2, -0.15) is 0 Å². The molecule has 5 heteroatoms. The van der Waals surface area contributed by atoms with E-state index < -0.39 is 7.82 Å². The summed E-state index contributed by atoms with van der Waals surface area (Å²) in [4.78, 5) is 17.9. The molecule has 0 saturated carbocycles. The maximum atomic E-state index is 11.0. The third-order valence-electron chi connectivity index (χ3n) is 4.87. The number of phosphoric acid groups is 1. The van der Waals surface area contributed by atoms with Crippen molar-refractivity contribution in [3.8, 4) is 5.75 Å². The van der Waals surface area contributed by atoms with Gasteiger partial charge in [-0.15, -0.1) is 0 Å². The quantitative estimate of drug-likeness (QED) is 0.319. The average molecular weight is 370 g/mol. The first kappa shape index (κ1) is 22.2. The van der Waals surface area contributed by atoms with Crippen molar-refractivity contribution in [2.45, 2.75) is 91.4 Å². The molecule has 2 N–H and O–H groups in total. The summed E-state index contributed by atoms with van der Waals surface area (Å²) in [6.45, 7) is 6.09. The van der Waals surface area contributed by atoms with Gasteiger partial charge in [0.15, 0.2) is 0 Å². The SMILES string of the molecule is CCCCCCCCCCCCc1ccc(OP(=O)(O)O)c(C)c1C. The summed E-state index contributed by atoms with van der Waals surface area (Å²) in [5.41, 5.74) is 3.13. The van der Waals surface area contributed by atoms with Crippen LogP contribution in [-0.2, 0) is 11.0 Å². The molecule has 0 fully saturated rings. The number of phosphoric ester groups is 1. The van der Waals surface area contributed by atoms with Gasteiger partial charge in [0.25, 0.3) is 0 Å². The van der Waals surface area contributed by atoms with Crippen LogP contribution in [0.3, 0.4) is 0 Å². The highest BCUT2D eigenvalue weighted by Gasteiger charge is 2.18. The Hall–Kier alpha value is -0.830. The van der Waals surface area contributed by atoms with Gasteiger partial charge in [-0.25, -0.2) is 4.57 Å². The molecule has 0 aliphatic rings. The fourth-order valence-corrected chi connectivity index (χ4v) is 3.61. The van der Waals surface area contributed by atoms with Crippen LogP contribution in [0.2, 0.25) is 0 Å². The zero-order valence-corrected chi connectivity index (χ0v) is 17.0. The van der Waals surface area contributed by atoms with Crippen LogP contribution in [0.5, 0.6) is 5.75 Å². The second-order valence-electron chi connectivity index (χ2n) is 6.99. The second kappa shape index (κ2) is 11.7. The van der Waals surface area contributed by atoms with Gasteiger partial charge in [0.05, 0.1) is 0 Å². The van der Waals surface area contributed by atoms with Crippen molar-refractivity contribution in [1.82, 2.24) is 0 Å². The summed E-state index contributed by atoms with van der Waals surface area (Å²) < 4.78 is 15.7. The Morgan fingerprint density at radius 2 is 1.36 bits per heavy atom. The largest absolute Gasteiger partial charge is 0.524 e. The van der Waals surface area contributed by atoms with Crippen molar-refractivity contribution >= 4 is 7.82 Å². The molecule has 0 aromatic heterocycles. The predicted octanol–water partition coefficient (Wildman–Crippen LogP) is 6.24. The highest BCUT2D eigenvalue weighted by atomic mass is 31.2. The highest BCUT2D eigenvalue weighted by Crippen LogP contribution is 2.40. The number of hydrogen-bond donors (Lipinski definition) is 2. The predicted molar refractivity (Wildman–Crippen MR) is 104 cm³/mol. The maximum absolute atomic E-state index is 11.0. The van der Waals surface area contributed by atoms with Crippen LogP contribution in [0, 0.1) is 13.8 Å². The summed E-state index contributed by atoms with van der Waals surface area (Å²) in [5, 5.41) is 0. The van der Waals surface area contributed by atoms with E-state index in [0.717, 1.165) is 24.0 Å². The Labute approximate surface area is 153 Å². The molecular formula is C20H35O4P. The van der Waals surface area contributed by atoms with Gasteiger partial charge in [-0.3, -0.25) is 9.79 Å². The molecule has 4 nitrogen and oxygen atoms in total. The normalized spacial score (nSPS) is 11.7. The first-order valence-corrected chi connectivity index (χ1v) is 11.2. The smallest absolute Gasteiger partial charge is 0.404 e. The van der Waals surface area contributed by atoms with Crippen LogP contribution in [0.15, 0.2) is 12.1 Å². The van der Waals surface area contributed by atoms with Crippen LogP contribution >= 0.6 is 7.82 Å². The summed E-state index contributed by atoms with van der Waals surface area (Å²) >= 11 is 0. The molecule has 1 aromatic carbocycles. The van der Waals surface area contributed by atoms with Gasteiger partial charge in [-0.1, -0.05) is 70.8 Å². The van der Waals surface area contributed by atoms with Gasteiger partial charge < -0.3 is 4.52 Å². The molecule has 0 aliphatic heterocycles. The number of benzene rings is 1. The van der Waals surface area contributed by atoms with Crippen molar-refractivity contribution < 1.29 is 18.9 Å². The van der Waals surface area contributed by atoms with Crippen LogP contribution < -0.4 is 4.52 Å². The Bertz CT molecular complexity index is 551. The number of rotatable bonds is 13. The topological polar surface area (TPSA) is 66.8 Å². The van der Waals surface area contributed by atoms with Crippen molar-refractivity contribution in [3.63, 3.8) is 0 Å². The van der Waals surface area contributed by atoms with Gasteiger partial charge >= 0.3 is 7.82 Å². The molecule has 0 radical (unpaired) electrons. The van der Waals surface area contributed by atoms with Gasteiger partial charge in [0.1, 0.15) is 5.75 Å². The van der Waals surface area contributed by atoms with E-state index in [1.807, 2.05) is 19.9 Å². The molecule has 0 aliphatic carbocycles. The van der Waals surface area contributed by atoms with Gasteiger partial charge in [-0.05, 0) is 49.4 Å². The molecule has 1 aromatic rings. The van der Waals surface area contributed by atoms with E-state index in [4.69, 9.17) is 14.3 Å². The highest BCUT2D eigenvalue weighted by molar-refractivity contribution is 7.46. The van der Waals surface area contributed by atoms with Crippen LogP contribution in [-0.4, -0.2) is 9.79 Å². The fraction of sp³-hybridized carbons (Fsp3) is 0.700.